The number of carbonyl (C=O) groups is 3. The molecule has 0 bridgehead atoms. The first-order chi connectivity index (χ1) is 14.4. The number of carbonyl (C=O) groups excluding carboxylic acids is 2. The second kappa shape index (κ2) is 11.7. The first-order valence-electron chi connectivity index (χ1n) is 10.4. The van der Waals surface area contributed by atoms with Crippen LogP contribution in [-0.4, -0.2) is 81.5 Å². The van der Waals surface area contributed by atoms with Crippen LogP contribution in [0.4, 0.5) is 0 Å². The third kappa shape index (κ3) is 7.10. The van der Waals surface area contributed by atoms with Gasteiger partial charge in [-0.05, 0) is 44.6 Å². The lowest BCUT2D eigenvalue weighted by atomic mass is 10.1. The van der Waals surface area contributed by atoms with Crippen LogP contribution in [0.3, 0.4) is 0 Å². The van der Waals surface area contributed by atoms with Crippen LogP contribution in [0, 0.1) is 12.8 Å². The summed E-state index contributed by atoms with van der Waals surface area (Å²) in [5.41, 5.74) is 1.40. The number of hydrogen-bond acceptors (Lipinski definition) is 6. The molecule has 30 heavy (non-hydrogen) atoms. The molecule has 1 aliphatic heterocycles. The third-order valence-corrected chi connectivity index (χ3v) is 5.52. The molecule has 1 aromatic heterocycles. The zero-order chi connectivity index (χ0) is 22.1. The standard InChI is InChI=1S/C19H31N5O3.CH2O2/c1-13-9-17(23(2)22-13)19(27)21-11-16-6-5-15(10-18(26)20-7-8-25)24(16)12-14-3-4-14;2-1-3/h9,14-16,25H,3-8,10-12H2,1-2H3,(H,20,26)(H,21,27);1H,(H,2,3)/t15-,16+;/m1./s1. The highest BCUT2D eigenvalue weighted by Crippen LogP contribution is 2.35. The van der Waals surface area contributed by atoms with Crippen LogP contribution < -0.4 is 10.6 Å². The maximum atomic E-state index is 12.5. The summed E-state index contributed by atoms with van der Waals surface area (Å²) in [5, 5.41) is 25.8. The van der Waals surface area contributed by atoms with Crippen LogP contribution >= 0.6 is 0 Å². The van der Waals surface area contributed by atoms with Crippen molar-refractivity contribution in [2.75, 3.05) is 26.2 Å². The summed E-state index contributed by atoms with van der Waals surface area (Å²) >= 11 is 0. The predicted octanol–water partition coefficient (Wildman–Crippen LogP) is -0.0993. The molecule has 4 N–H and O–H groups in total. The third-order valence-electron chi connectivity index (χ3n) is 5.52. The minimum atomic E-state index is -0.250. The van der Waals surface area contributed by atoms with Crippen LogP contribution in [0.25, 0.3) is 0 Å². The van der Waals surface area contributed by atoms with E-state index in [4.69, 9.17) is 15.0 Å². The van der Waals surface area contributed by atoms with Crippen molar-refractivity contribution in [1.82, 2.24) is 25.3 Å². The van der Waals surface area contributed by atoms with Gasteiger partial charge in [-0.15, -0.1) is 0 Å². The van der Waals surface area contributed by atoms with E-state index in [1.54, 1.807) is 17.8 Å². The van der Waals surface area contributed by atoms with Crippen molar-refractivity contribution >= 4 is 18.3 Å². The number of aliphatic hydroxyl groups is 1. The van der Waals surface area contributed by atoms with Gasteiger partial charge in [0.2, 0.25) is 5.91 Å². The van der Waals surface area contributed by atoms with Gasteiger partial charge in [0.25, 0.3) is 12.4 Å². The van der Waals surface area contributed by atoms with E-state index < -0.39 is 0 Å². The molecule has 168 valence electrons. The van der Waals surface area contributed by atoms with Crippen molar-refractivity contribution in [3.63, 3.8) is 0 Å². The monoisotopic (exact) mass is 423 g/mol. The van der Waals surface area contributed by atoms with Crippen molar-refractivity contribution in [3.8, 4) is 0 Å². The Morgan fingerprint density at radius 2 is 1.90 bits per heavy atom. The number of amides is 2. The molecule has 0 aromatic carbocycles. The zero-order valence-corrected chi connectivity index (χ0v) is 17.7. The van der Waals surface area contributed by atoms with Crippen molar-refractivity contribution in [2.24, 2.45) is 13.0 Å². The maximum Gasteiger partial charge on any atom is 0.290 e. The second-order valence-corrected chi connectivity index (χ2v) is 7.91. The largest absolute Gasteiger partial charge is 0.483 e. The zero-order valence-electron chi connectivity index (χ0n) is 17.7. The van der Waals surface area contributed by atoms with Crippen molar-refractivity contribution in [3.05, 3.63) is 17.5 Å². The first kappa shape index (κ1) is 23.8. The molecule has 2 atom stereocenters. The van der Waals surface area contributed by atoms with E-state index in [2.05, 4.69) is 20.6 Å². The number of hydrogen-bond donors (Lipinski definition) is 4. The van der Waals surface area contributed by atoms with Crippen LogP contribution in [-0.2, 0) is 16.6 Å². The Balaban J connectivity index is 0.00000101. The van der Waals surface area contributed by atoms with Gasteiger partial charge in [-0.2, -0.15) is 5.10 Å². The van der Waals surface area contributed by atoms with E-state index in [1.807, 2.05) is 6.92 Å². The topological polar surface area (TPSA) is 137 Å². The SMILES string of the molecule is Cc1cc(C(=O)NC[C@@H]2CC[C@H](CC(=O)NCCO)N2CC2CC2)n(C)n1.O=CO. The van der Waals surface area contributed by atoms with E-state index in [1.165, 1.54) is 12.8 Å². The number of likely N-dealkylation sites (tertiary alicyclic amines) is 1. The molecule has 2 heterocycles. The Morgan fingerprint density at radius 1 is 1.23 bits per heavy atom. The number of nitrogens with one attached hydrogen (secondary N) is 2. The summed E-state index contributed by atoms with van der Waals surface area (Å²) in [6, 6.07) is 2.27. The van der Waals surface area contributed by atoms with Gasteiger partial charge in [-0.25, -0.2) is 0 Å². The Bertz CT molecular complexity index is 718. The molecule has 10 heteroatoms. The van der Waals surface area contributed by atoms with Crippen LogP contribution in [0.1, 0.15) is 48.3 Å². The summed E-state index contributed by atoms with van der Waals surface area (Å²) in [7, 11) is 1.78. The molecule has 2 fully saturated rings. The van der Waals surface area contributed by atoms with Gasteiger partial charge >= 0.3 is 0 Å². The number of aryl methyl sites for hydroxylation is 2. The lowest BCUT2D eigenvalue weighted by Gasteiger charge is -2.30. The van der Waals surface area contributed by atoms with Gasteiger partial charge in [-0.1, -0.05) is 0 Å². The highest BCUT2D eigenvalue weighted by molar-refractivity contribution is 5.92. The molecule has 0 radical (unpaired) electrons. The highest BCUT2D eigenvalue weighted by Gasteiger charge is 2.38. The van der Waals surface area contributed by atoms with Gasteiger partial charge in [0.15, 0.2) is 0 Å². The summed E-state index contributed by atoms with van der Waals surface area (Å²) in [6.45, 7) is 3.48. The summed E-state index contributed by atoms with van der Waals surface area (Å²) in [4.78, 5) is 35.3. The Kier molecular flexibility index (Phi) is 9.25. The van der Waals surface area contributed by atoms with Crippen LogP contribution in [0.2, 0.25) is 0 Å². The smallest absolute Gasteiger partial charge is 0.290 e. The molecule has 0 spiro atoms. The lowest BCUT2D eigenvalue weighted by Crippen LogP contribution is -2.45. The molecule has 2 amide bonds. The summed E-state index contributed by atoms with van der Waals surface area (Å²) < 4.78 is 1.61. The Morgan fingerprint density at radius 3 is 2.47 bits per heavy atom. The van der Waals surface area contributed by atoms with Crippen molar-refractivity contribution in [1.29, 1.82) is 0 Å². The number of nitrogens with zero attached hydrogens (tertiary/aromatic N) is 3. The fourth-order valence-electron chi connectivity index (χ4n) is 3.96. The molecule has 10 nitrogen and oxygen atoms in total. The van der Waals surface area contributed by atoms with Gasteiger partial charge in [-0.3, -0.25) is 24.0 Å². The van der Waals surface area contributed by atoms with E-state index in [9.17, 15) is 9.59 Å². The lowest BCUT2D eigenvalue weighted by molar-refractivity contribution is -0.123. The quantitative estimate of drug-likeness (QED) is 0.407. The second-order valence-electron chi connectivity index (χ2n) is 7.91. The molecule has 1 aliphatic carbocycles. The van der Waals surface area contributed by atoms with E-state index in [0.717, 1.165) is 31.0 Å². The fraction of sp³-hybridized carbons (Fsp3) is 0.700. The molecule has 3 rings (SSSR count). The fourth-order valence-corrected chi connectivity index (χ4v) is 3.96. The highest BCUT2D eigenvalue weighted by atomic mass is 16.3. The van der Waals surface area contributed by atoms with E-state index in [0.29, 0.717) is 25.2 Å². The van der Waals surface area contributed by atoms with Crippen molar-refractivity contribution < 1.29 is 24.6 Å². The van der Waals surface area contributed by atoms with Crippen LogP contribution in [0.15, 0.2) is 6.07 Å². The summed E-state index contributed by atoms with van der Waals surface area (Å²) in [5.74, 6) is 0.613. The normalized spacial score (nSPS) is 20.9. The molecule has 1 saturated carbocycles. The van der Waals surface area contributed by atoms with E-state index >= 15 is 0 Å². The van der Waals surface area contributed by atoms with Crippen LogP contribution in [0.5, 0.6) is 0 Å². The number of carboxylic acid groups (broad SMARTS) is 1. The molecule has 0 unspecified atom stereocenters. The molecule has 2 aliphatic rings. The average molecular weight is 424 g/mol. The van der Waals surface area contributed by atoms with Gasteiger partial charge < -0.3 is 20.8 Å². The van der Waals surface area contributed by atoms with E-state index in [-0.39, 0.29) is 37.0 Å². The Labute approximate surface area is 176 Å². The predicted molar refractivity (Wildman–Crippen MR) is 110 cm³/mol. The minimum absolute atomic E-state index is 0.00936. The van der Waals surface area contributed by atoms with Gasteiger partial charge in [0.05, 0.1) is 12.3 Å². The molecular weight excluding hydrogens is 390 g/mol. The number of rotatable bonds is 9. The number of aromatic nitrogens is 2. The Hall–Kier alpha value is -2.46. The molecule has 1 aromatic rings. The minimum Gasteiger partial charge on any atom is -0.483 e. The summed E-state index contributed by atoms with van der Waals surface area (Å²) in [6.07, 6.45) is 4.92. The first-order valence-corrected chi connectivity index (χ1v) is 10.4. The average Bonchev–Trinajstić information content (AvgIpc) is 3.35. The maximum absolute atomic E-state index is 12.5. The number of aliphatic hydroxyl groups excluding tert-OH is 1. The van der Waals surface area contributed by atoms with Crippen molar-refractivity contribution in [2.45, 2.75) is 51.1 Å². The molecular formula is C20H33N5O5. The van der Waals surface area contributed by atoms with Gasteiger partial charge in [0, 0.05) is 45.2 Å². The molecule has 1 saturated heterocycles. The van der Waals surface area contributed by atoms with Gasteiger partial charge in [0.1, 0.15) is 5.69 Å².